The van der Waals surface area contributed by atoms with E-state index in [0.717, 1.165) is 36.5 Å². The fourth-order valence-electron chi connectivity index (χ4n) is 2.66. The molecule has 21 heavy (non-hydrogen) atoms. The Kier molecular flexibility index (Phi) is 3.92. The molecule has 1 fully saturated rings. The topological polar surface area (TPSA) is 75.1 Å². The number of rotatable bonds is 4. The molecule has 0 aliphatic carbocycles. The lowest BCUT2D eigenvalue weighted by molar-refractivity contribution is 0.0697. The largest absolute Gasteiger partial charge is 0.478 e. The maximum absolute atomic E-state index is 11.0. The second kappa shape index (κ2) is 6.01. The number of carboxylic acid groups (broad SMARTS) is 1. The van der Waals surface area contributed by atoms with Crippen molar-refractivity contribution in [1.29, 1.82) is 0 Å². The van der Waals surface area contributed by atoms with Crippen molar-refractivity contribution >= 4 is 5.97 Å². The molecule has 0 radical (unpaired) electrons. The summed E-state index contributed by atoms with van der Waals surface area (Å²) in [4.78, 5) is 19.6. The number of nitrogens with zero attached hydrogens (tertiary/aromatic N) is 2. The van der Waals surface area contributed by atoms with Crippen molar-refractivity contribution in [2.75, 3.05) is 13.1 Å². The van der Waals surface area contributed by atoms with E-state index in [-0.39, 0.29) is 5.56 Å². The van der Waals surface area contributed by atoms with Crippen LogP contribution in [0.1, 0.15) is 22.5 Å². The van der Waals surface area contributed by atoms with Gasteiger partial charge in [-0.3, -0.25) is 0 Å². The normalized spacial score (nSPS) is 17.8. The Morgan fingerprint density at radius 1 is 1.33 bits per heavy atom. The van der Waals surface area contributed by atoms with Crippen molar-refractivity contribution in [3.05, 3.63) is 47.9 Å². The van der Waals surface area contributed by atoms with E-state index in [2.05, 4.69) is 15.3 Å². The van der Waals surface area contributed by atoms with Gasteiger partial charge in [0.25, 0.3) is 0 Å². The Hall–Kier alpha value is -2.27. The Labute approximate surface area is 123 Å². The number of hydrogen-bond acceptors (Lipinski definition) is 4. The summed E-state index contributed by atoms with van der Waals surface area (Å²) >= 11 is 0. The van der Waals surface area contributed by atoms with Crippen LogP contribution in [-0.4, -0.2) is 34.1 Å². The Morgan fingerprint density at radius 3 is 3.00 bits per heavy atom. The quantitative estimate of drug-likeness (QED) is 0.897. The Bertz CT molecular complexity index is 651. The van der Waals surface area contributed by atoms with Crippen LogP contribution in [0.15, 0.2) is 36.7 Å². The van der Waals surface area contributed by atoms with Gasteiger partial charge in [-0.05, 0) is 50.0 Å². The molecule has 0 saturated carbocycles. The van der Waals surface area contributed by atoms with E-state index < -0.39 is 5.97 Å². The van der Waals surface area contributed by atoms with Crippen LogP contribution in [0.5, 0.6) is 0 Å². The van der Waals surface area contributed by atoms with E-state index in [1.165, 1.54) is 6.42 Å². The van der Waals surface area contributed by atoms with Crippen LogP contribution in [-0.2, 0) is 6.42 Å². The molecule has 1 aliphatic heterocycles. The van der Waals surface area contributed by atoms with Crippen LogP contribution >= 0.6 is 0 Å². The van der Waals surface area contributed by atoms with E-state index in [1.807, 2.05) is 12.1 Å². The number of hydrogen-bond donors (Lipinski definition) is 2. The first-order valence-corrected chi connectivity index (χ1v) is 7.08. The van der Waals surface area contributed by atoms with Crippen LogP contribution in [0.25, 0.3) is 11.3 Å². The second-order valence-corrected chi connectivity index (χ2v) is 5.34. The van der Waals surface area contributed by atoms with E-state index in [4.69, 9.17) is 5.11 Å². The Balaban J connectivity index is 1.85. The molecule has 108 valence electrons. The van der Waals surface area contributed by atoms with E-state index in [0.29, 0.717) is 5.92 Å². The summed E-state index contributed by atoms with van der Waals surface area (Å²) in [6.45, 7) is 2.11. The van der Waals surface area contributed by atoms with Crippen LogP contribution in [0, 0.1) is 5.92 Å². The predicted molar refractivity (Wildman–Crippen MR) is 79.1 cm³/mol. The lowest BCUT2D eigenvalue weighted by Gasteiger charge is -2.08. The van der Waals surface area contributed by atoms with Crippen molar-refractivity contribution in [3.63, 3.8) is 0 Å². The SMILES string of the molecule is O=C(O)c1cccc(-c2cc(CC3CCNC3)ncn2)c1. The summed E-state index contributed by atoms with van der Waals surface area (Å²) < 4.78 is 0. The van der Waals surface area contributed by atoms with E-state index in [1.54, 1.807) is 24.5 Å². The zero-order valence-corrected chi connectivity index (χ0v) is 11.6. The van der Waals surface area contributed by atoms with Crippen molar-refractivity contribution in [2.24, 2.45) is 5.92 Å². The van der Waals surface area contributed by atoms with Gasteiger partial charge in [0.15, 0.2) is 0 Å². The van der Waals surface area contributed by atoms with Crippen molar-refractivity contribution in [3.8, 4) is 11.3 Å². The monoisotopic (exact) mass is 283 g/mol. The molecule has 0 bridgehead atoms. The summed E-state index contributed by atoms with van der Waals surface area (Å²) in [5.41, 5.74) is 2.86. The standard InChI is InChI=1S/C16H17N3O2/c20-16(21)13-3-1-2-12(7-13)15-8-14(18-10-19-15)6-11-4-5-17-9-11/h1-3,7-8,10-11,17H,4-6,9H2,(H,20,21). The summed E-state index contributed by atoms with van der Waals surface area (Å²) in [5.74, 6) is -0.304. The molecular weight excluding hydrogens is 266 g/mol. The fraction of sp³-hybridized carbons (Fsp3) is 0.312. The summed E-state index contributed by atoms with van der Waals surface area (Å²) in [7, 11) is 0. The molecule has 2 N–H and O–H groups in total. The molecule has 3 rings (SSSR count). The smallest absolute Gasteiger partial charge is 0.335 e. The molecule has 2 aromatic rings. The molecule has 1 atom stereocenters. The van der Waals surface area contributed by atoms with Gasteiger partial charge < -0.3 is 10.4 Å². The molecule has 2 heterocycles. The third-order valence-electron chi connectivity index (χ3n) is 3.79. The predicted octanol–water partition coefficient (Wildman–Crippen LogP) is 1.99. The minimum Gasteiger partial charge on any atom is -0.478 e. The van der Waals surface area contributed by atoms with Gasteiger partial charge in [-0.15, -0.1) is 0 Å². The van der Waals surface area contributed by atoms with Gasteiger partial charge in [-0.2, -0.15) is 0 Å². The van der Waals surface area contributed by atoms with Crippen molar-refractivity contribution in [2.45, 2.75) is 12.8 Å². The van der Waals surface area contributed by atoms with Crippen LogP contribution < -0.4 is 5.32 Å². The van der Waals surface area contributed by atoms with Crippen LogP contribution in [0.4, 0.5) is 0 Å². The van der Waals surface area contributed by atoms with Gasteiger partial charge in [-0.1, -0.05) is 12.1 Å². The highest BCUT2D eigenvalue weighted by Crippen LogP contribution is 2.20. The molecule has 1 aromatic heterocycles. The lowest BCUT2D eigenvalue weighted by Crippen LogP contribution is -2.11. The van der Waals surface area contributed by atoms with Crippen LogP contribution in [0.2, 0.25) is 0 Å². The van der Waals surface area contributed by atoms with Crippen LogP contribution in [0.3, 0.4) is 0 Å². The first-order valence-electron chi connectivity index (χ1n) is 7.08. The van der Waals surface area contributed by atoms with Crippen molar-refractivity contribution < 1.29 is 9.90 Å². The van der Waals surface area contributed by atoms with Gasteiger partial charge in [0, 0.05) is 11.3 Å². The minimum atomic E-state index is -0.928. The summed E-state index contributed by atoms with van der Waals surface area (Å²) in [5, 5.41) is 12.4. The Morgan fingerprint density at radius 2 is 2.24 bits per heavy atom. The minimum absolute atomic E-state index is 0.271. The highest BCUT2D eigenvalue weighted by Gasteiger charge is 2.16. The molecule has 1 unspecified atom stereocenters. The zero-order valence-electron chi connectivity index (χ0n) is 11.6. The van der Waals surface area contributed by atoms with Gasteiger partial charge in [0.05, 0.1) is 11.3 Å². The molecule has 0 spiro atoms. The number of aromatic nitrogens is 2. The average Bonchev–Trinajstić information content (AvgIpc) is 3.00. The summed E-state index contributed by atoms with van der Waals surface area (Å²) in [6.07, 6.45) is 3.66. The molecule has 1 aliphatic rings. The zero-order chi connectivity index (χ0) is 14.7. The molecule has 5 nitrogen and oxygen atoms in total. The molecular formula is C16H17N3O2. The van der Waals surface area contributed by atoms with Gasteiger partial charge in [-0.25, -0.2) is 14.8 Å². The molecule has 1 saturated heterocycles. The third-order valence-corrected chi connectivity index (χ3v) is 3.79. The number of carbonyl (C=O) groups is 1. The lowest BCUT2D eigenvalue weighted by atomic mass is 10.0. The third kappa shape index (κ3) is 3.25. The fourth-order valence-corrected chi connectivity index (χ4v) is 2.66. The first kappa shape index (κ1) is 13.7. The maximum atomic E-state index is 11.0. The number of carboxylic acids is 1. The first-order chi connectivity index (χ1) is 10.2. The molecule has 0 amide bonds. The van der Waals surface area contributed by atoms with E-state index >= 15 is 0 Å². The maximum Gasteiger partial charge on any atom is 0.335 e. The molecule has 1 aromatic carbocycles. The second-order valence-electron chi connectivity index (χ2n) is 5.34. The average molecular weight is 283 g/mol. The van der Waals surface area contributed by atoms with E-state index in [9.17, 15) is 4.79 Å². The molecule has 5 heteroatoms. The van der Waals surface area contributed by atoms with Gasteiger partial charge >= 0.3 is 5.97 Å². The van der Waals surface area contributed by atoms with Crippen molar-refractivity contribution in [1.82, 2.24) is 15.3 Å². The number of nitrogens with one attached hydrogen (secondary N) is 1. The number of benzene rings is 1. The van der Waals surface area contributed by atoms with Gasteiger partial charge in [0.1, 0.15) is 6.33 Å². The highest BCUT2D eigenvalue weighted by atomic mass is 16.4. The highest BCUT2D eigenvalue weighted by molar-refractivity contribution is 5.89. The number of aromatic carboxylic acids is 1. The van der Waals surface area contributed by atoms with Gasteiger partial charge in [0.2, 0.25) is 0 Å². The summed E-state index contributed by atoms with van der Waals surface area (Å²) in [6, 6.07) is 8.79.